The smallest absolute Gasteiger partial charge is 0.310 e. The normalized spacial score (nSPS) is 47.1. The molecule has 86 valence electrons. The molecule has 0 aromatic rings. The van der Waals surface area contributed by atoms with Crippen LogP contribution in [0.2, 0.25) is 0 Å². The lowest BCUT2D eigenvalue weighted by atomic mass is 9.72. The largest absolute Gasteiger partial charge is 0.481 e. The van der Waals surface area contributed by atoms with Gasteiger partial charge in [-0.05, 0) is 0 Å². The summed E-state index contributed by atoms with van der Waals surface area (Å²) in [5.74, 6) is -2.15. The standard InChI is InChI=1S/C8H10Cl2O4S/c1-14-7-3(6(12)13)2-4(11)8(9,10)5(2)15-7/h2-5,7,11H,1H3,(H,12,13)/t2-,3-,4+,5-,7-/m0/s1. The molecule has 0 aromatic heterocycles. The van der Waals surface area contributed by atoms with Crippen molar-refractivity contribution in [2.75, 3.05) is 7.11 Å². The molecule has 1 aliphatic heterocycles. The van der Waals surface area contributed by atoms with E-state index in [1.807, 2.05) is 0 Å². The first-order valence-electron chi connectivity index (χ1n) is 4.38. The van der Waals surface area contributed by atoms with Crippen molar-refractivity contribution in [2.24, 2.45) is 11.8 Å². The fourth-order valence-corrected chi connectivity index (χ4v) is 4.77. The number of aliphatic hydroxyl groups is 1. The van der Waals surface area contributed by atoms with Crippen LogP contribution in [-0.2, 0) is 9.53 Å². The van der Waals surface area contributed by atoms with Crippen LogP contribution in [0.15, 0.2) is 0 Å². The lowest BCUT2D eigenvalue weighted by Gasteiger charge is -2.48. The minimum Gasteiger partial charge on any atom is -0.481 e. The van der Waals surface area contributed by atoms with Crippen LogP contribution in [0.3, 0.4) is 0 Å². The Labute approximate surface area is 101 Å². The Bertz CT molecular complexity index is 298. The minimum absolute atomic E-state index is 0.276. The number of hydrogen-bond donors (Lipinski definition) is 2. The van der Waals surface area contributed by atoms with Gasteiger partial charge in [0.1, 0.15) is 5.44 Å². The Kier molecular flexibility index (Phi) is 2.88. The highest BCUT2D eigenvalue weighted by Crippen LogP contribution is 2.63. The van der Waals surface area contributed by atoms with E-state index in [4.69, 9.17) is 33.0 Å². The van der Waals surface area contributed by atoms with Crippen LogP contribution in [0.25, 0.3) is 0 Å². The van der Waals surface area contributed by atoms with Gasteiger partial charge in [-0.25, -0.2) is 0 Å². The molecule has 1 heterocycles. The third kappa shape index (κ3) is 1.48. The van der Waals surface area contributed by atoms with Gasteiger partial charge in [0.15, 0.2) is 4.33 Å². The summed E-state index contributed by atoms with van der Waals surface area (Å²) in [4.78, 5) is 11.0. The fraction of sp³-hybridized carbons (Fsp3) is 0.875. The van der Waals surface area contributed by atoms with Crippen molar-refractivity contribution in [3.8, 4) is 0 Å². The SMILES string of the molecule is CO[C@H]1S[C@H]2[C@@H]([C@H]1C(=O)O)[C@@H](O)C2(Cl)Cl. The predicted molar refractivity (Wildman–Crippen MR) is 57.2 cm³/mol. The third-order valence-corrected chi connectivity index (χ3v) is 5.90. The summed E-state index contributed by atoms with van der Waals surface area (Å²) in [5, 5.41) is 18.4. The molecule has 0 amide bonds. The van der Waals surface area contributed by atoms with Gasteiger partial charge in [-0.3, -0.25) is 4.79 Å². The van der Waals surface area contributed by atoms with Crippen molar-refractivity contribution < 1.29 is 19.7 Å². The zero-order chi connectivity index (χ0) is 11.4. The molecule has 0 radical (unpaired) electrons. The van der Waals surface area contributed by atoms with E-state index in [-0.39, 0.29) is 5.25 Å². The van der Waals surface area contributed by atoms with Crippen LogP contribution in [0, 0.1) is 11.8 Å². The van der Waals surface area contributed by atoms with Gasteiger partial charge in [0.2, 0.25) is 0 Å². The second-order valence-electron chi connectivity index (χ2n) is 3.72. The number of thioether (sulfide) groups is 1. The van der Waals surface area contributed by atoms with E-state index in [0.717, 1.165) is 0 Å². The van der Waals surface area contributed by atoms with Gasteiger partial charge in [0.25, 0.3) is 0 Å². The Hall–Kier alpha value is 0.320. The number of hydrogen-bond acceptors (Lipinski definition) is 4. The Balaban J connectivity index is 2.24. The zero-order valence-electron chi connectivity index (χ0n) is 7.76. The van der Waals surface area contributed by atoms with Crippen LogP contribution < -0.4 is 0 Å². The van der Waals surface area contributed by atoms with Gasteiger partial charge >= 0.3 is 5.97 Å². The first-order valence-corrected chi connectivity index (χ1v) is 6.08. The molecule has 1 saturated heterocycles. The summed E-state index contributed by atoms with van der Waals surface area (Å²) >= 11 is 13.1. The average Bonchev–Trinajstić information content (AvgIpc) is 2.54. The zero-order valence-corrected chi connectivity index (χ0v) is 10.1. The van der Waals surface area contributed by atoms with E-state index in [9.17, 15) is 9.90 Å². The summed E-state index contributed by atoms with van der Waals surface area (Å²) in [5.41, 5.74) is -0.494. The van der Waals surface area contributed by atoms with Gasteiger partial charge in [-0.1, -0.05) is 23.2 Å². The maximum atomic E-state index is 11.0. The molecule has 7 heteroatoms. The average molecular weight is 273 g/mol. The van der Waals surface area contributed by atoms with Gasteiger partial charge in [-0.15, -0.1) is 11.8 Å². The molecule has 4 nitrogen and oxygen atoms in total. The number of aliphatic hydroxyl groups excluding tert-OH is 1. The summed E-state index contributed by atoms with van der Waals surface area (Å²) in [6, 6.07) is 0. The molecular formula is C8H10Cl2O4S. The number of carboxylic acid groups (broad SMARTS) is 1. The first kappa shape index (κ1) is 11.8. The van der Waals surface area contributed by atoms with Crippen LogP contribution in [0.4, 0.5) is 0 Å². The van der Waals surface area contributed by atoms with Crippen molar-refractivity contribution in [1.82, 2.24) is 0 Å². The van der Waals surface area contributed by atoms with E-state index < -0.39 is 33.7 Å². The number of fused-ring (bicyclic) bond motifs is 1. The molecular weight excluding hydrogens is 263 g/mol. The molecule has 5 atom stereocenters. The lowest BCUT2D eigenvalue weighted by Crippen LogP contribution is -2.62. The van der Waals surface area contributed by atoms with Gasteiger partial charge in [0.05, 0.1) is 12.0 Å². The summed E-state index contributed by atoms with van der Waals surface area (Å²) in [7, 11) is 1.44. The van der Waals surface area contributed by atoms with Gasteiger partial charge < -0.3 is 14.9 Å². The quantitative estimate of drug-likeness (QED) is 0.733. The molecule has 1 saturated carbocycles. The van der Waals surface area contributed by atoms with Crippen LogP contribution >= 0.6 is 35.0 Å². The number of methoxy groups -OCH3 is 1. The number of carboxylic acids is 1. The number of rotatable bonds is 2. The van der Waals surface area contributed by atoms with E-state index in [1.54, 1.807) is 0 Å². The molecule has 0 unspecified atom stereocenters. The highest BCUT2D eigenvalue weighted by atomic mass is 35.5. The summed E-state index contributed by atoms with van der Waals surface area (Å²) in [6.07, 6.45) is -1.00. The Morgan fingerprint density at radius 2 is 2.13 bits per heavy atom. The molecule has 2 aliphatic rings. The third-order valence-electron chi connectivity index (χ3n) is 2.99. The highest BCUT2D eigenvalue weighted by Gasteiger charge is 2.70. The van der Waals surface area contributed by atoms with Crippen LogP contribution in [0.5, 0.6) is 0 Å². The molecule has 0 bridgehead atoms. The molecule has 0 aromatic carbocycles. The maximum Gasteiger partial charge on any atom is 0.310 e. The van der Waals surface area contributed by atoms with E-state index in [2.05, 4.69) is 0 Å². The van der Waals surface area contributed by atoms with E-state index in [1.165, 1.54) is 18.9 Å². The molecule has 15 heavy (non-hydrogen) atoms. The van der Waals surface area contributed by atoms with Crippen LogP contribution in [0.1, 0.15) is 0 Å². The van der Waals surface area contributed by atoms with Crippen molar-refractivity contribution >= 4 is 40.9 Å². The van der Waals surface area contributed by atoms with Crippen molar-refractivity contribution in [1.29, 1.82) is 0 Å². The molecule has 2 rings (SSSR count). The van der Waals surface area contributed by atoms with Crippen molar-refractivity contribution in [3.05, 3.63) is 0 Å². The lowest BCUT2D eigenvalue weighted by molar-refractivity contribution is -0.151. The highest BCUT2D eigenvalue weighted by molar-refractivity contribution is 8.01. The number of halogens is 2. The monoisotopic (exact) mass is 272 g/mol. The Morgan fingerprint density at radius 3 is 2.60 bits per heavy atom. The van der Waals surface area contributed by atoms with E-state index in [0.29, 0.717) is 0 Å². The number of aliphatic carboxylic acids is 1. The second kappa shape index (κ2) is 3.67. The number of alkyl halides is 2. The molecule has 1 aliphatic carbocycles. The van der Waals surface area contributed by atoms with Crippen molar-refractivity contribution in [2.45, 2.75) is 21.1 Å². The molecule has 0 spiro atoms. The summed E-state index contributed by atoms with van der Waals surface area (Å²) in [6.45, 7) is 0. The molecule has 2 N–H and O–H groups in total. The first-order chi connectivity index (χ1) is 6.91. The number of carbonyl (C=O) groups is 1. The Morgan fingerprint density at radius 1 is 1.53 bits per heavy atom. The molecule has 2 fully saturated rings. The number of ether oxygens (including phenoxy) is 1. The fourth-order valence-electron chi connectivity index (χ4n) is 2.19. The topological polar surface area (TPSA) is 66.8 Å². The second-order valence-corrected chi connectivity index (χ2v) is 6.41. The predicted octanol–water partition coefficient (Wildman–Crippen LogP) is 0.940. The van der Waals surface area contributed by atoms with Crippen LogP contribution in [-0.4, -0.2) is 44.4 Å². The maximum absolute atomic E-state index is 11.0. The van der Waals surface area contributed by atoms with Crippen molar-refractivity contribution in [3.63, 3.8) is 0 Å². The van der Waals surface area contributed by atoms with Gasteiger partial charge in [-0.2, -0.15) is 0 Å². The van der Waals surface area contributed by atoms with Gasteiger partial charge in [0, 0.05) is 18.3 Å². The minimum atomic E-state index is -1.25. The summed E-state index contributed by atoms with van der Waals surface area (Å²) < 4.78 is 3.81. The van der Waals surface area contributed by atoms with E-state index >= 15 is 0 Å².